The smallest absolute Gasteiger partial charge is 0.326 e. The lowest BCUT2D eigenvalue weighted by atomic mass is 10.3. The standard InChI is InChI=1S/C15H25N5O3S3/c1-5-9-20(15(21)18(3)6-2)13-16-17-14(25-13)26(22,23)19(4)11-12-8-7-10-24-12/h7,10,12H,5-6,8-9,11H2,1-4H3. The van der Waals surface area contributed by atoms with Gasteiger partial charge in [0.05, 0.1) is 0 Å². The number of allylic oxidation sites excluding steroid dienone is 1. The fraction of sp³-hybridized carbons (Fsp3) is 0.667. The third kappa shape index (κ3) is 4.76. The van der Waals surface area contributed by atoms with Crippen LogP contribution in [0.25, 0.3) is 0 Å². The molecule has 0 aliphatic carbocycles. The van der Waals surface area contributed by atoms with Crippen molar-refractivity contribution in [2.24, 2.45) is 0 Å². The number of thioether (sulfide) groups is 1. The number of hydrogen-bond donors (Lipinski definition) is 0. The van der Waals surface area contributed by atoms with Crippen LogP contribution in [0.4, 0.5) is 9.93 Å². The van der Waals surface area contributed by atoms with E-state index in [0.717, 1.165) is 24.2 Å². The van der Waals surface area contributed by atoms with Gasteiger partial charge in [-0.15, -0.1) is 22.0 Å². The molecule has 0 bridgehead atoms. The summed E-state index contributed by atoms with van der Waals surface area (Å²) in [5.74, 6) is 0. The molecule has 2 heterocycles. The van der Waals surface area contributed by atoms with Crippen LogP contribution in [0.2, 0.25) is 0 Å². The summed E-state index contributed by atoms with van der Waals surface area (Å²) in [5, 5.41) is 10.4. The highest BCUT2D eigenvalue weighted by Gasteiger charge is 2.30. The quantitative estimate of drug-likeness (QED) is 0.602. The summed E-state index contributed by atoms with van der Waals surface area (Å²) in [6, 6.07) is -0.212. The van der Waals surface area contributed by atoms with Gasteiger partial charge < -0.3 is 4.90 Å². The van der Waals surface area contributed by atoms with Gasteiger partial charge in [0.1, 0.15) is 0 Å². The number of nitrogens with zero attached hydrogens (tertiary/aromatic N) is 5. The van der Waals surface area contributed by atoms with Crippen LogP contribution in [-0.2, 0) is 10.0 Å². The van der Waals surface area contributed by atoms with Crippen molar-refractivity contribution in [2.45, 2.75) is 36.3 Å². The van der Waals surface area contributed by atoms with Crippen LogP contribution < -0.4 is 4.90 Å². The SMILES string of the molecule is CCCN(C(=O)N(C)CC)c1nnc(S(=O)(=O)N(C)CC2CC=CS2)s1. The Morgan fingerprint density at radius 3 is 2.62 bits per heavy atom. The molecule has 2 amide bonds. The molecule has 26 heavy (non-hydrogen) atoms. The molecule has 0 fully saturated rings. The lowest BCUT2D eigenvalue weighted by Crippen LogP contribution is -2.41. The lowest BCUT2D eigenvalue weighted by molar-refractivity contribution is 0.217. The van der Waals surface area contributed by atoms with Crippen LogP contribution in [-0.4, -0.2) is 72.8 Å². The molecule has 8 nitrogen and oxygen atoms in total. The van der Waals surface area contributed by atoms with Gasteiger partial charge >= 0.3 is 6.03 Å². The maximum Gasteiger partial charge on any atom is 0.326 e. The zero-order valence-electron chi connectivity index (χ0n) is 15.5. The van der Waals surface area contributed by atoms with Crippen molar-refractivity contribution in [3.05, 3.63) is 11.5 Å². The molecule has 0 radical (unpaired) electrons. The Bertz CT molecular complexity index is 741. The first-order valence-electron chi connectivity index (χ1n) is 8.44. The fourth-order valence-electron chi connectivity index (χ4n) is 2.32. The summed E-state index contributed by atoms with van der Waals surface area (Å²) in [4.78, 5) is 15.5. The Morgan fingerprint density at radius 1 is 1.31 bits per heavy atom. The van der Waals surface area contributed by atoms with E-state index < -0.39 is 10.0 Å². The van der Waals surface area contributed by atoms with Crippen molar-refractivity contribution in [1.29, 1.82) is 0 Å². The molecule has 0 saturated carbocycles. The first-order valence-corrected chi connectivity index (χ1v) is 11.6. The average Bonchev–Trinajstić information content (AvgIpc) is 3.30. The summed E-state index contributed by atoms with van der Waals surface area (Å²) in [6.45, 7) is 5.25. The lowest BCUT2D eigenvalue weighted by Gasteiger charge is -2.24. The van der Waals surface area contributed by atoms with Crippen molar-refractivity contribution in [3.8, 4) is 0 Å². The molecule has 0 aromatic carbocycles. The Morgan fingerprint density at radius 2 is 2.04 bits per heavy atom. The molecule has 0 N–H and O–H groups in total. The van der Waals surface area contributed by atoms with Crippen molar-refractivity contribution >= 4 is 44.3 Å². The zero-order valence-corrected chi connectivity index (χ0v) is 17.9. The Hall–Kier alpha value is -1.17. The van der Waals surface area contributed by atoms with E-state index in [1.165, 1.54) is 9.21 Å². The number of anilines is 1. The molecule has 1 aromatic heterocycles. The minimum Gasteiger partial charge on any atom is -0.328 e. The van der Waals surface area contributed by atoms with Gasteiger partial charge in [-0.05, 0) is 25.2 Å². The zero-order chi connectivity index (χ0) is 19.3. The molecule has 1 aliphatic rings. The summed E-state index contributed by atoms with van der Waals surface area (Å²) in [5.41, 5.74) is 0. The van der Waals surface area contributed by atoms with E-state index in [9.17, 15) is 13.2 Å². The van der Waals surface area contributed by atoms with Gasteiger partial charge in [-0.2, -0.15) is 4.31 Å². The Balaban J connectivity index is 2.18. The molecule has 2 rings (SSSR count). The normalized spacial score (nSPS) is 17.0. The van der Waals surface area contributed by atoms with Crippen molar-refractivity contribution in [3.63, 3.8) is 0 Å². The number of sulfonamides is 1. The predicted molar refractivity (Wildman–Crippen MR) is 106 cm³/mol. The minimum atomic E-state index is -3.72. The number of carbonyl (C=O) groups is 1. The highest BCUT2D eigenvalue weighted by atomic mass is 32.2. The number of aromatic nitrogens is 2. The van der Waals surface area contributed by atoms with Gasteiger partial charge in [-0.25, -0.2) is 13.2 Å². The van der Waals surface area contributed by atoms with Crippen LogP contribution >= 0.6 is 23.1 Å². The van der Waals surface area contributed by atoms with E-state index in [1.54, 1.807) is 30.8 Å². The summed E-state index contributed by atoms with van der Waals surface area (Å²) < 4.78 is 26.8. The molecule has 1 unspecified atom stereocenters. The summed E-state index contributed by atoms with van der Waals surface area (Å²) >= 11 is 2.57. The van der Waals surface area contributed by atoms with E-state index in [2.05, 4.69) is 10.2 Å². The third-order valence-electron chi connectivity index (χ3n) is 3.96. The number of rotatable bonds is 8. The Kier molecular flexibility index (Phi) is 7.44. The van der Waals surface area contributed by atoms with Gasteiger partial charge in [-0.1, -0.05) is 24.3 Å². The minimum absolute atomic E-state index is 0.0842. The maximum atomic E-state index is 12.8. The van der Waals surface area contributed by atoms with E-state index in [1.807, 2.05) is 25.3 Å². The fourth-order valence-corrected chi connectivity index (χ4v) is 5.80. The second-order valence-electron chi connectivity index (χ2n) is 5.95. The highest BCUT2D eigenvalue weighted by molar-refractivity contribution is 8.03. The molecule has 146 valence electrons. The van der Waals surface area contributed by atoms with Crippen LogP contribution in [0.3, 0.4) is 0 Å². The van der Waals surface area contributed by atoms with Crippen LogP contribution in [0, 0.1) is 0 Å². The number of hydrogen-bond acceptors (Lipinski definition) is 7. The second kappa shape index (κ2) is 9.16. The first kappa shape index (κ1) is 21.1. The van der Waals surface area contributed by atoms with Gasteiger partial charge in [0.15, 0.2) is 0 Å². The average molecular weight is 420 g/mol. The molecule has 0 spiro atoms. The number of amides is 2. The van der Waals surface area contributed by atoms with E-state index in [4.69, 9.17) is 0 Å². The van der Waals surface area contributed by atoms with E-state index in [-0.39, 0.29) is 15.6 Å². The predicted octanol–water partition coefficient (Wildman–Crippen LogP) is 2.47. The molecule has 0 saturated heterocycles. The monoisotopic (exact) mass is 419 g/mol. The van der Waals surface area contributed by atoms with Gasteiger partial charge in [-0.3, -0.25) is 4.90 Å². The summed E-state index contributed by atoms with van der Waals surface area (Å²) in [6.07, 6.45) is 3.63. The van der Waals surface area contributed by atoms with Gasteiger partial charge in [0.25, 0.3) is 10.0 Å². The third-order valence-corrected chi connectivity index (χ3v) is 8.16. The summed E-state index contributed by atoms with van der Waals surface area (Å²) in [7, 11) is -0.470. The molecule has 1 atom stereocenters. The van der Waals surface area contributed by atoms with Gasteiger partial charge in [0.2, 0.25) is 9.47 Å². The second-order valence-corrected chi connectivity index (χ2v) is 10.3. The maximum absolute atomic E-state index is 12.8. The highest BCUT2D eigenvalue weighted by Crippen LogP contribution is 2.29. The van der Waals surface area contributed by atoms with E-state index >= 15 is 0 Å². The molecular formula is C15H25N5O3S3. The molecule has 1 aromatic rings. The van der Waals surface area contributed by atoms with Crippen LogP contribution in [0.1, 0.15) is 26.7 Å². The number of carbonyl (C=O) groups excluding carboxylic acids is 1. The van der Waals surface area contributed by atoms with Crippen LogP contribution in [0.5, 0.6) is 0 Å². The topological polar surface area (TPSA) is 86.7 Å². The molecular weight excluding hydrogens is 394 g/mol. The molecule has 11 heteroatoms. The largest absolute Gasteiger partial charge is 0.328 e. The van der Waals surface area contributed by atoms with Gasteiger partial charge in [0, 0.05) is 39.0 Å². The van der Waals surface area contributed by atoms with E-state index in [0.29, 0.717) is 24.8 Å². The number of urea groups is 1. The first-order chi connectivity index (χ1) is 12.3. The van der Waals surface area contributed by atoms with Crippen molar-refractivity contribution < 1.29 is 13.2 Å². The Labute approximate surface area is 163 Å². The van der Waals surface area contributed by atoms with Crippen LogP contribution in [0.15, 0.2) is 15.8 Å². The molecule has 1 aliphatic heterocycles. The van der Waals surface area contributed by atoms with Crippen molar-refractivity contribution in [2.75, 3.05) is 38.6 Å². The van der Waals surface area contributed by atoms with Crippen molar-refractivity contribution in [1.82, 2.24) is 19.4 Å².